The van der Waals surface area contributed by atoms with Crippen molar-refractivity contribution in [1.82, 2.24) is 5.32 Å². The lowest BCUT2D eigenvalue weighted by atomic mass is 10.1. The van der Waals surface area contributed by atoms with Gasteiger partial charge in [-0.15, -0.1) is 0 Å². The van der Waals surface area contributed by atoms with Crippen LogP contribution in [0.3, 0.4) is 0 Å². The molecule has 4 rings (SSSR count). The first-order valence-corrected chi connectivity index (χ1v) is 10.8. The van der Waals surface area contributed by atoms with Crippen LogP contribution in [0.4, 0.5) is 5.69 Å². The molecule has 1 atom stereocenters. The van der Waals surface area contributed by atoms with Gasteiger partial charge in [0.05, 0.1) is 18.9 Å². The molecule has 1 N–H and O–H groups in total. The van der Waals surface area contributed by atoms with Crippen LogP contribution in [0.25, 0.3) is 0 Å². The van der Waals surface area contributed by atoms with Crippen molar-refractivity contribution >= 4 is 23.3 Å². The van der Waals surface area contributed by atoms with Gasteiger partial charge < -0.3 is 24.3 Å². The van der Waals surface area contributed by atoms with Crippen molar-refractivity contribution in [2.75, 3.05) is 44.9 Å². The average Bonchev–Trinajstić information content (AvgIpc) is 3.37. The Morgan fingerprint density at radius 2 is 1.94 bits per heavy atom. The number of ether oxygens (including phenoxy) is 4. The van der Waals surface area contributed by atoms with Gasteiger partial charge in [0, 0.05) is 18.7 Å². The largest absolute Gasteiger partial charge is 0.497 e. The maximum Gasteiger partial charge on any atom is 0.265 e. The van der Waals surface area contributed by atoms with Crippen LogP contribution in [-0.4, -0.2) is 63.7 Å². The molecule has 2 aliphatic heterocycles. The maximum absolute atomic E-state index is 12.7. The van der Waals surface area contributed by atoms with Crippen LogP contribution >= 0.6 is 0 Å². The van der Waals surface area contributed by atoms with Gasteiger partial charge in [0.1, 0.15) is 23.8 Å². The van der Waals surface area contributed by atoms with E-state index in [9.17, 15) is 14.4 Å². The summed E-state index contributed by atoms with van der Waals surface area (Å²) in [4.78, 5) is 39.0. The van der Waals surface area contributed by atoms with Crippen LogP contribution in [-0.2, 0) is 14.3 Å². The van der Waals surface area contributed by atoms with Gasteiger partial charge in [-0.2, -0.15) is 0 Å². The molecular formula is C24H26N2O7. The van der Waals surface area contributed by atoms with Crippen molar-refractivity contribution in [2.45, 2.75) is 18.9 Å². The molecule has 2 aliphatic rings. The number of hydrogen-bond donors (Lipinski definition) is 1. The minimum atomic E-state index is -0.353. The van der Waals surface area contributed by atoms with E-state index < -0.39 is 0 Å². The third kappa shape index (κ3) is 5.61. The number of benzene rings is 2. The van der Waals surface area contributed by atoms with E-state index in [4.69, 9.17) is 18.9 Å². The fourth-order valence-corrected chi connectivity index (χ4v) is 3.69. The summed E-state index contributed by atoms with van der Waals surface area (Å²) in [6.45, 7) is 0.601. The first kappa shape index (κ1) is 22.6. The summed E-state index contributed by atoms with van der Waals surface area (Å²) in [6, 6.07) is 11.7. The van der Waals surface area contributed by atoms with Crippen LogP contribution in [0.5, 0.6) is 17.2 Å². The van der Waals surface area contributed by atoms with Gasteiger partial charge in [0.2, 0.25) is 5.91 Å². The Morgan fingerprint density at radius 1 is 1.15 bits per heavy atom. The summed E-state index contributed by atoms with van der Waals surface area (Å²) in [5.41, 5.74) is 0.735. The Labute approximate surface area is 191 Å². The van der Waals surface area contributed by atoms with Crippen LogP contribution in [0.2, 0.25) is 0 Å². The van der Waals surface area contributed by atoms with E-state index in [0.717, 1.165) is 12.8 Å². The van der Waals surface area contributed by atoms with Gasteiger partial charge in [-0.25, -0.2) is 0 Å². The molecule has 2 heterocycles. The lowest BCUT2D eigenvalue weighted by Crippen LogP contribution is -2.46. The van der Waals surface area contributed by atoms with Gasteiger partial charge in [-0.1, -0.05) is 0 Å². The topological polar surface area (TPSA) is 103 Å². The molecule has 9 nitrogen and oxygen atoms in total. The molecular weight excluding hydrogens is 428 g/mol. The number of ketones is 1. The molecule has 1 unspecified atom stereocenters. The van der Waals surface area contributed by atoms with E-state index >= 15 is 0 Å². The highest BCUT2D eigenvalue weighted by molar-refractivity contribution is 6.04. The second kappa shape index (κ2) is 10.4. The molecule has 174 valence electrons. The first-order valence-electron chi connectivity index (χ1n) is 10.8. The molecule has 1 fully saturated rings. The summed E-state index contributed by atoms with van der Waals surface area (Å²) < 4.78 is 21.7. The standard InChI is InChI=1S/C24H26N2O7/c1-30-17-5-7-18(8-6-17)32-14-21(27)16-4-9-22-20(11-16)26(24(29)15-33-22)13-23(28)25-12-19-3-2-10-31-19/h4-9,11,19H,2-3,10,12-15H2,1H3,(H,25,28). The monoisotopic (exact) mass is 454 g/mol. The maximum atomic E-state index is 12.7. The molecule has 0 aliphatic carbocycles. The van der Waals surface area contributed by atoms with E-state index in [1.165, 1.54) is 4.90 Å². The zero-order valence-electron chi connectivity index (χ0n) is 18.4. The van der Waals surface area contributed by atoms with E-state index in [-0.39, 0.29) is 43.5 Å². The van der Waals surface area contributed by atoms with Crippen molar-refractivity contribution < 1.29 is 33.3 Å². The predicted molar refractivity (Wildman–Crippen MR) is 119 cm³/mol. The minimum absolute atomic E-state index is 0.0107. The van der Waals surface area contributed by atoms with Gasteiger partial charge in [-0.3, -0.25) is 19.3 Å². The Bertz CT molecular complexity index is 1020. The Balaban J connectivity index is 1.40. The van der Waals surface area contributed by atoms with Crippen molar-refractivity contribution in [3.63, 3.8) is 0 Å². The minimum Gasteiger partial charge on any atom is -0.497 e. The number of nitrogens with one attached hydrogen (secondary N) is 1. The molecule has 9 heteroatoms. The molecule has 0 radical (unpaired) electrons. The van der Waals surface area contributed by atoms with E-state index in [2.05, 4.69) is 5.32 Å². The normalized spacial score (nSPS) is 17.2. The quantitative estimate of drug-likeness (QED) is 0.578. The third-order valence-corrected chi connectivity index (χ3v) is 5.51. The number of carbonyl (C=O) groups is 3. The van der Waals surface area contributed by atoms with Crippen LogP contribution in [0.1, 0.15) is 23.2 Å². The Morgan fingerprint density at radius 3 is 2.67 bits per heavy atom. The molecule has 33 heavy (non-hydrogen) atoms. The third-order valence-electron chi connectivity index (χ3n) is 5.51. The fourth-order valence-electron chi connectivity index (χ4n) is 3.69. The van der Waals surface area contributed by atoms with Crippen LogP contribution in [0.15, 0.2) is 42.5 Å². The SMILES string of the molecule is COc1ccc(OCC(=O)c2ccc3c(c2)N(CC(=O)NCC2CCCO2)C(=O)CO3)cc1. The molecule has 0 saturated carbocycles. The fraction of sp³-hybridized carbons (Fsp3) is 0.375. The molecule has 0 aromatic heterocycles. The summed E-state index contributed by atoms with van der Waals surface area (Å²) in [7, 11) is 1.57. The second-order valence-corrected chi connectivity index (χ2v) is 7.78. The Hall–Kier alpha value is -3.59. The summed E-state index contributed by atoms with van der Waals surface area (Å²) in [5.74, 6) is 0.738. The number of amides is 2. The van der Waals surface area contributed by atoms with Gasteiger partial charge in [0.15, 0.2) is 19.0 Å². The van der Waals surface area contributed by atoms with Crippen LogP contribution < -0.4 is 24.4 Å². The van der Waals surface area contributed by atoms with Crippen LogP contribution in [0, 0.1) is 0 Å². The summed E-state index contributed by atoms with van der Waals surface area (Å²) in [6.07, 6.45) is 1.90. The number of hydrogen-bond acceptors (Lipinski definition) is 7. The highest BCUT2D eigenvalue weighted by Crippen LogP contribution is 2.33. The van der Waals surface area contributed by atoms with E-state index in [0.29, 0.717) is 41.7 Å². The van der Waals surface area contributed by atoms with Crippen molar-refractivity contribution in [2.24, 2.45) is 0 Å². The zero-order chi connectivity index (χ0) is 23.2. The number of anilines is 1. The predicted octanol–water partition coefficient (Wildman–Crippen LogP) is 1.98. The molecule has 2 aromatic rings. The molecule has 2 aromatic carbocycles. The molecule has 1 saturated heterocycles. The smallest absolute Gasteiger partial charge is 0.265 e. The van der Waals surface area contributed by atoms with Gasteiger partial charge in [0.25, 0.3) is 5.91 Å². The lowest BCUT2D eigenvalue weighted by molar-refractivity contribution is -0.125. The van der Waals surface area contributed by atoms with Crippen molar-refractivity contribution in [3.05, 3.63) is 48.0 Å². The van der Waals surface area contributed by atoms with Crippen molar-refractivity contribution in [3.8, 4) is 17.2 Å². The Kier molecular flexibility index (Phi) is 7.09. The zero-order valence-corrected chi connectivity index (χ0v) is 18.4. The van der Waals surface area contributed by atoms with Gasteiger partial charge >= 0.3 is 0 Å². The number of rotatable bonds is 9. The summed E-state index contributed by atoms with van der Waals surface area (Å²) >= 11 is 0. The van der Waals surface area contributed by atoms with E-state index in [1.807, 2.05) is 0 Å². The highest BCUT2D eigenvalue weighted by Gasteiger charge is 2.28. The number of methoxy groups -OCH3 is 1. The average molecular weight is 454 g/mol. The molecule has 2 amide bonds. The second-order valence-electron chi connectivity index (χ2n) is 7.78. The number of carbonyl (C=O) groups excluding carboxylic acids is 3. The van der Waals surface area contributed by atoms with Gasteiger partial charge in [-0.05, 0) is 55.3 Å². The lowest BCUT2D eigenvalue weighted by Gasteiger charge is -2.29. The molecule has 0 spiro atoms. The number of nitrogens with zero attached hydrogens (tertiary/aromatic N) is 1. The first-order chi connectivity index (χ1) is 16.0. The summed E-state index contributed by atoms with van der Waals surface area (Å²) in [5, 5.41) is 2.81. The molecule has 0 bridgehead atoms. The van der Waals surface area contributed by atoms with Crippen molar-refractivity contribution in [1.29, 1.82) is 0 Å². The van der Waals surface area contributed by atoms with E-state index in [1.54, 1.807) is 49.6 Å². The highest BCUT2D eigenvalue weighted by atomic mass is 16.5. The number of fused-ring (bicyclic) bond motifs is 1. The number of Topliss-reactive ketones (excluding diaryl/α,β-unsaturated/α-hetero) is 1.